The van der Waals surface area contributed by atoms with Crippen molar-refractivity contribution >= 4 is 11.6 Å². The van der Waals surface area contributed by atoms with Crippen LogP contribution in [-0.2, 0) is 0 Å². The molecule has 0 spiro atoms. The molecule has 2 aromatic carbocycles. The number of carbonyl (C=O) groups is 1. The third kappa shape index (κ3) is 4.29. The summed E-state index contributed by atoms with van der Waals surface area (Å²) in [5, 5.41) is 11.0. The number of carbonyl (C=O) groups excluding carboxylic acids is 1. The van der Waals surface area contributed by atoms with Crippen LogP contribution in [0.4, 0.5) is 5.69 Å². The Hall–Kier alpha value is -2.89. The van der Waals surface area contributed by atoms with E-state index in [9.17, 15) is 14.9 Å². The summed E-state index contributed by atoms with van der Waals surface area (Å²) >= 11 is 0. The van der Waals surface area contributed by atoms with Crippen molar-refractivity contribution in [2.24, 2.45) is 0 Å². The highest BCUT2D eigenvalue weighted by molar-refractivity contribution is 5.97. The van der Waals surface area contributed by atoms with Crippen LogP contribution < -0.4 is 4.74 Å². The van der Waals surface area contributed by atoms with Crippen molar-refractivity contribution < 1.29 is 14.5 Å². The van der Waals surface area contributed by atoms with Crippen LogP contribution in [0, 0.1) is 17.0 Å². The summed E-state index contributed by atoms with van der Waals surface area (Å²) in [4.78, 5) is 24.2. The summed E-state index contributed by atoms with van der Waals surface area (Å²) in [6.45, 7) is 2.63. The SMILES string of the molecule is Cc1ccc(OCCN(C)C(=O)c2ccccc2[N+](=O)[O-])cc1. The first-order chi connectivity index (χ1) is 11.0. The normalized spacial score (nSPS) is 10.2. The minimum atomic E-state index is -0.552. The lowest BCUT2D eigenvalue weighted by molar-refractivity contribution is -0.385. The summed E-state index contributed by atoms with van der Waals surface area (Å²) in [7, 11) is 1.59. The van der Waals surface area contributed by atoms with Crippen LogP contribution in [0.5, 0.6) is 5.75 Å². The van der Waals surface area contributed by atoms with Gasteiger partial charge in [0.2, 0.25) is 0 Å². The Morgan fingerprint density at radius 2 is 1.83 bits per heavy atom. The molecule has 120 valence electrons. The molecule has 0 N–H and O–H groups in total. The second-order valence-electron chi connectivity index (χ2n) is 5.16. The van der Waals surface area contributed by atoms with Crippen LogP contribution >= 0.6 is 0 Å². The molecule has 0 aromatic heterocycles. The van der Waals surface area contributed by atoms with Crippen molar-refractivity contribution in [1.29, 1.82) is 0 Å². The van der Waals surface area contributed by atoms with Gasteiger partial charge < -0.3 is 9.64 Å². The van der Waals surface area contributed by atoms with Crippen LogP contribution in [0.1, 0.15) is 15.9 Å². The molecule has 0 bridgehead atoms. The van der Waals surface area contributed by atoms with E-state index < -0.39 is 10.8 Å². The van der Waals surface area contributed by atoms with Gasteiger partial charge in [-0.2, -0.15) is 0 Å². The van der Waals surface area contributed by atoms with Crippen molar-refractivity contribution in [3.8, 4) is 5.75 Å². The molecule has 23 heavy (non-hydrogen) atoms. The predicted octanol–water partition coefficient (Wildman–Crippen LogP) is 3.05. The van der Waals surface area contributed by atoms with E-state index in [0.29, 0.717) is 13.2 Å². The van der Waals surface area contributed by atoms with Gasteiger partial charge in [-0.1, -0.05) is 29.8 Å². The Morgan fingerprint density at radius 3 is 2.48 bits per heavy atom. The molecular formula is C17H18N2O4. The number of aryl methyl sites for hydroxylation is 1. The average molecular weight is 314 g/mol. The number of nitro benzene ring substituents is 1. The van der Waals surface area contributed by atoms with Gasteiger partial charge in [-0.3, -0.25) is 14.9 Å². The van der Waals surface area contributed by atoms with Crippen LogP contribution in [0.3, 0.4) is 0 Å². The summed E-state index contributed by atoms with van der Waals surface area (Å²) in [6, 6.07) is 13.5. The summed E-state index contributed by atoms with van der Waals surface area (Å²) < 4.78 is 5.57. The van der Waals surface area contributed by atoms with Gasteiger partial charge in [0.15, 0.2) is 0 Å². The zero-order valence-electron chi connectivity index (χ0n) is 13.1. The first-order valence-electron chi connectivity index (χ1n) is 7.17. The zero-order chi connectivity index (χ0) is 16.8. The highest BCUT2D eigenvalue weighted by atomic mass is 16.6. The van der Waals surface area contributed by atoms with Crippen molar-refractivity contribution in [3.63, 3.8) is 0 Å². The number of ether oxygens (including phenoxy) is 1. The Balaban J connectivity index is 1.95. The van der Waals surface area contributed by atoms with Crippen LogP contribution in [-0.4, -0.2) is 35.9 Å². The zero-order valence-corrected chi connectivity index (χ0v) is 13.1. The van der Waals surface area contributed by atoms with E-state index in [1.165, 1.54) is 23.1 Å². The molecule has 0 atom stereocenters. The quantitative estimate of drug-likeness (QED) is 0.607. The lowest BCUT2D eigenvalue weighted by Crippen LogP contribution is -2.31. The monoisotopic (exact) mass is 314 g/mol. The van der Waals surface area contributed by atoms with Gasteiger partial charge >= 0.3 is 0 Å². The maximum atomic E-state index is 12.3. The average Bonchev–Trinajstić information content (AvgIpc) is 2.55. The van der Waals surface area contributed by atoms with Gasteiger partial charge in [-0.05, 0) is 25.1 Å². The minimum absolute atomic E-state index is 0.0790. The number of nitrogens with zero attached hydrogens (tertiary/aromatic N) is 2. The van der Waals surface area contributed by atoms with Gasteiger partial charge in [0, 0.05) is 13.1 Å². The number of hydrogen-bond acceptors (Lipinski definition) is 4. The number of hydrogen-bond donors (Lipinski definition) is 0. The number of para-hydroxylation sites is 1. The molecule has 0 aliphatic rings. The van der Waals surface area contributed by atoms with Crippen molar-refractivity contribution in [2.75, 3.05) is 20.2 Å². The number of likely N-dealkylation sites (N-methyl/N-ethyl adjacent to an activating group) is 1. The van der Waals surface area contributed by atoms with Gasteiger partial charge in [0.05, 0.1) is 11.5 Å². The predicted molar refractivity (Wildman–Crippen MR) is 86.7 cm³/mol. The second-order valence-corrected chi connectivity index (χ2v) is 5.16. The Bertz CT molecular complexity index is 698. The highest BCUT2D eigenvalue weighted by Crippen LogP contribution is 2.19. The smallest absolute Gasteiger partial charge is 0.282 e. The molecule has 0 fully saturated rings. The van der Waals surface area contributed by atoms with Gasteiger partial charge in [0.25, 0.3) is 11.6 Å². The third-order valence-corrected chi connectivity index (χ3v) is 3.39. The molecular weight excluding hydrogens is 296 g/mol. The number of nitro groups is 1. The topological polar surface area (TPSA) is 72.7 Å². The molecule has 0 heterocycles. The maximum Gasteiger partial charge on any atom is 0.282 e. The Kier molecular flexibility index (Phi) is 5.30. The van der Waals surface area contributed by atoms with Crippen molar-refractivity contribution in [3.05, 3.63) is 69.8 Å². The largest absolute Gasteiger partial charge is 0.492 e. The van der Waals surface area contributed by atoms with E-state index in [1.54, 1.807) is 13.1 Å². The first kappa shape index (κ1) is 16.5. The molecule has 0 aliphatic carbocycles. The molecule has 2 rings (SSSR count). The van der Waals surface area contributed by atoms with Gasteiger partial charge in [-0.25, -0.2) is 0 Å². The van der Waals surface area contributed by atoms with Crippen molar-refractivity contribution in [1.82, 2.24) is 4.90 Å². The van der Waals surface area contributed by atoms with Crippen molar-refractivity contribution in [2.45, 2.75) is 6.92 Å². The van der Waals surface area contributed by atoms with Crippen LogP contribution in [0.25, 0.3) is 0 Å². The number of amides is 1. The van der Waals surface area contributed by atoms with E-state index in [2.05, 4.69) is 0 Å². The summed E-state index contributed by atoms with van der Waals surface area (Å²) in [6.07, 6.45) is 0. The maximum absolute atomic E-state index is 12.3. The van der Waals surface area contributed by atoms with Gasteiger partial charge in [-0.15, -0.1) is 0 Å². The van der Waals surface area contributed by atoms with Gasteiger partial charge in [0.1, 0.15) is 17.9 Å². The molecule has 0 saturated heterocycles. The van der Waals surface area contributed by atoms with E-state index in [4.69, 9.17) is 4.74 Å². The molecule has 0 aliphatic heterocycles. The Morgan fingerprint density at radius 1 is 1.17 bits per heavy atom. The second kappa shape index (κ2) is 7.40. The lowest BCUT2D eigenvalue weighted by Gasteiger charge is -2.17. The third-order valence-electron chi connectivity index (χ3n) is 3.39. The molecule has 0 saturated carbocycles. The molecule has 6 nitrogen and oxygen atoms in total. The highest BCUT2D eigenvalue weighted by Gasteiger charge is 2.21. The number of rotatable bonds is 6. The fraction of sp³-hybridized carbons (Fsp3) is 0.235. The van der Waals surface area contributed by atoms with E-state index in [-0.39, 0.29) is 11.3 Å². The minimum Gasteiger partial charge on any atom is -0.492 e. The molecule has 2 aromatic rings. The molecule has 0 radical (unpaired) electrons. The van der Waals surface area contributed by atoms with Crippen LogP contribution in [0.2, 0.25) is 0 Å². The molecule has 0 unspecified atom stereocenters. The fourth-order valence-electron chi connectivity index (χ4n) is 2.06. The standard InChI is InChI=1S/C17H18N2O4/c1-13-7-9-14(10-8-13)23-12-11-18(2)17(20)15-5-3-4-6-16(15)19(21)22/h3-10H,11-12H2,1-2H3. The fourth-order valence-corrected chi connectivity index (χ4v) is 2.06. The Labute approximate surface area is 134 Å². The first-order valence-corrected chi connectivity index (χ1v) is 7.17. The molecule has 6 heteroatoms. The van der Waals surface area contributed by atoms with E-state index in [0.717, 1.165) is 11.3 Å². The number of benzene rings is 2. The molecule has 1 amide bonds. The van der Waals surface area contributed by atoms with Crippen LogP contribution in [0.15, 0.2) is 48.5 Å². The summed E-state index contributed by atoms with van der Waals surface area (Å²) in [5.41, 5.74) is 1.03. The van der Waals surface area contributed by atoms with E-state index in [1.807, 2.05) is 31.2 Å². The van der Waals surface area contributed by atoms with E-state index >= 15 is 0 Å². The summed E-state index contributed by atoms with van der Waals surface area (Å²) in [5.74, 6) is 0.326. The lowest BCUT2D eigenvalue weighted by atomic mass is 10.1.